The lowest BCUT2D eigenvalue weighted by Gasteiger charge is -2.31. The Morgan fingerprint density at radius 1 is 0.968 bits per heavy atom. The highest BCUT2D eigenvalue weighted by molar-refractivity contribution is 5.90. The average Bonchev–Trinajstić information content (AvgIpc) is 3.11. The molecule has 3 nitrogen and oxygen atoms in total. The number of rotatable bonds is 4. The third-order valence-corrected chi connectivity index (χ3v) is 6.67. The molecule has 1 heterocycles. The number of nitrogens with zero attached hydrogens (tertiary/aromatic N) is 1. The monoisotopic (exact) mass is 409 g/mol. The lowest BCUT2D eigenvalue weighted by molar-refractivity contribution is 0.0615. The van der Waals surface area contributed by atoms with Crippen molar-refractivity contribution in [2.45, 2.75) is 38.8 Å². The standard InChI is InChI=1S/C28H27NO2/c1-5-29-24-16-15-19(18(2)3)17-22(24)27(30)25-26(29)21-13-9-10-14-23(21)28(25,31-4)20-11-7-6-8-12-20/h6-18H,5H2,1-4H3. The fourth-order valence-electron chi connectivity index (χ4n) is 5.20. The molecule has 31 heavy (non-hydrogen) atoms. The lowest BCUT2D eigenvalue weighted by atomic mass is 9.83. The second-order valence-corrected chi connectivity index (χ2v) is 8.53. The van der Waals surface area contributed by atoms with Crippen molar-refractivity contribution < 1.29 is 4.74 Å². The van der Waals surface area contributed by atoms with Crippen molar-refractivity contribution in [3.63, 3.8) is 0 Å². The van der Waals surface area contributed by atoms with Gasteiger partial charge in [-0.25, -0.2) is 0 Å². The number of hydrogen-bond donors (Lipinski definition) is 0. The average molecular weight is 410 g/mol. The molecular formula is C28H27NO2. The van der Waals surface area contributed by atoms with E-state index in [0.717, 1.165) is 45.4 Å². The van der Waals surface area contributed by atoms with Crippen LogP contribution in [-0.2, 0) is 16.9 Å². The predicted octanol–water partition coefficient (Wildman–Crippen LogP) is 6.06. The molecule has 1 atom stereocenters. The van der Waals surface area contributed by atoms with Crippen LogP contribution in [0.2, 0.25) is 0 Å². The molecule has 0 amide bonds. The van der Waals surface area contributed by atoms with Crippen molar-refractivity contribution >= 4 is 10.9 Å². The summed E-state index contributed by atoms with van der Waals surface area (Å²) >= 11 is 0. The van der Waals surface area contributed by atoms with E-state index >= 15 is 0 Å². The predicted molar refractivity (Wildman–Crippen MR) is 127 cm³/mol. The van der Waals surface area contributed by atoms with Crippen molar-refractivity contribution in [1.29, 1.82) is 0 Å². The maximum absolute atomic E-state index is 14.2. The largest absolute Gasteiger partial charge is 0.364 e. The van der Waals surface area contributed by atoms with Gasteiger partial charge in [0.25, 0.3) is 0 Å². The summed E-state index contributed by atoms with van der Waals surface area (Å²) in [5.41, 5.74) is 6.03. The normalized spacial score (nSPS) is 17.2. The maximum atomic E-state index is 14.2. The summed E-state index contributed by atoms with van der Waals surface area (Å²) in [6.45, 7) is 7.22. The summed E-state index contributed by atoms with van der Waals surface area (Å²) < 4.78 is 8.61. The van der Waals surface area contributed by atoms with Gasteiger partial charge in [-0.3, -0.25) is 4.79 Å². The summed E-state index contributed by atoms with van der Waals surface area (Å²) in [6, 6.07) is 24.7. The van der Waals surface area contributed by atoms with Crippen LogP contribution in [0.5, 0.6) is 0 Å². The molecule has 3 aromatic carbocycles. The molecular weight excluding hydrogens is 382 g/mol. The molecule has 4 aromatic rings. The lowest BCUT2D eigenvalue weighted by Crippen LogP contribution is -2.35. The highest BCUT2D eigenvalue weighted by atomic mass is 16.5. The summed E-state index contributed by atoms with van der Waals surface area (Å²) in [5, 5.41) is 0.761. The van der Waals surface area contributed by atoms with E-state index in [9.17, 15) is 4.79 Å². The van der Waals surface area contributed by atoms with Crippen LogP contribution in [0, 0.1) is 0 Å². The number of aromatic nitrogens is 1. The minimum absolute atomic E-state index is 0.0547. The van der Waals surface area contributed by atoms with Crippen LogP contribution in [0.1, 0.15) is 48.9 Å². The molecule has 0 aliphatic heterocycles. The van der Waals surface area contributed by atoms with Crippen LogP contribution >= 0.6 is 0 Å². The molecule has 0 saturated heterocycles. The summed E-state index contributed by atoms with van der Waals surface area (Å²) in [4.78, 5) is 14.2. The minimum Gasteiger partial charge on any atom is -0.364 e. The molecule has 1 unspecified atom stereocenters. The zero-order valence-corrected chi connectivity index (χ0v) is 18.5. The molecule has 3 heteroatoms. The minimum atomic E-state index is -0.927. The molecule has 5 rings (SSSR count). The SMILES string of the molecule is CCn1c2c(c(=O)c3cc(C(C)C)ccc31)C(OC)(c1ccccc1)c1ccccc1-2. The first-order valence-corrected chi connectivity index (χ1v) is 11.0. The van der Waals surface area contributed by atoms with Gasteiger partial charge in [-0.2, -0.15) is 0 Å². The van der Waals surface area contributed by atoms with Gasteiger partial charge in [0.15, 0.2) is 5.43 Å². The van der Waals surface area contributed by atoms with E-state index in [2.05, 4.69) is 67.8 Å². The quantitative estimate of drug-likeness (QED) is 0.410. The van der Waals surface area contributed by atoms with E-state index in [4.69, 9.17) is 4.74 Å². The zero-order valence-electron chi connectivity index (χ0n) is 18.5. The molecule has 0 bridgehead atoms. The van der Waals surface area contributed by atoms with Gasteiger partial charge in [-0.1, -0.05) is 74.5 Å². The smallest absolute Gasteiger partial charge is 0.196 e. The summed E-state index contributed by atoms with van der Waals surface area (Å²) in [6.07, 6.45) is 0. The fraction of sp³-hybridized carbons (Fsp3) is 0.250. The van der Waals surface area contributed by atoms with E-state index < -0.39 is 5.60 Å². The van der Waals surface area contributed by atoms with E-state index in [-0.39, 0.29) is 5.43 Å². The third-order valence-electron chi connectivity index (χ3n) is 6.67. The van der Waals surface area contributed by atoms with Gasteiger partial charge >= 0.3 is 0 Å². The van der Waals surface area contributed by atoms with Gasteiger partial charge in [0, 0.05) is 30.2 Å². The number of hydrogen-bond acceptors (Lipinski definition) is 2. The zero-order chi connectivity index (χ0) is 21.8. The Balaban J connectivity index is 2.01. The Hall–Kier alpha value is -3.17. The first-order valence-electron chi connectivity index (χ1n) is 11.0. The first-order chi connectivity index (χ1) is 15.0. The molecule has 1 aliphatic rings. The number of fused-ring (bicyclic) bond motifs is 4. The van der Waals surface area contributed by atoms with Crippen LogP contribution in [0.3, 0.4) is 0 Å². The van der Waals surface area contributed by atoms with Crippen molar-refractivity contribution in [1.82, 2.24) is 4.57 Å². The van der Waals surface area contributed by atoms with Crippen molar-refractivity contribution in [2.75, 3.05) is 7.11 Å². The topological polar surface area (TPSA) is 31.2 Å². The highest BCUT2D eigenvalue weighted by Gasteiger charge is 2.48. The Morgan fingerprint density at radius 2 is 1.68 bits per heavy atom. The Bertz CT molecular complexity index is 1350. The van der Waals surface area contributed by atoms with Gasteiger partial charge in [-0.15, -0.1) is 0 Å². The maximum Gasteiger partial charge on any atom is 0.196 e. The van der Waals surface area contributed by atoms with Crippen molar-refractivity contribution in [2.24, 2.45) is 0 Å². The highest BCUT2D eigenvalue weighted by Crippen LogP contribution is 2.52. The van der Waals surface area contributed by atoms with Crippen LogP contribution in [-0.4, -0.2) is 11.7 Å². The van der Waals surface area contributed by atoms with Crippen LogP contribution in [0.25, 0.3) is 22.2 Å². The first kappa shape index (κ1) is 19.8. The molecule has 1 aliphatic carbocycles. The number of methoxy groups -OCH3 is 1. The second-order valence-electron chi connectivity index (χ2n) is 8.53. The van der Waals surface area contributed by atoms with Crippen molar-refractivity contribution in [3.05, 3.63) is 105 Å². The molecule has 0 radical (unpaired) electrons. The molecule has 156 valence electrons. The number of ether oxygens (including phenoxy) is 1. The van der Waals surface area contributed by atoms with Crippen LogP contribution in [0.4, 0.5) is 0 Å². The summed E-state index contributed by atoms with van der Waals surface area (Å²) in [7, 11) is 1.71. The third kappa shape index (κ3) is 2.60. The Labute approximate surface area is 182 Å². The van der Waals surface area contributed by atoms with E-state index in [0.29, 0.717) is 5.92 Å². The molecule has 1 aromatic heterocycles. The van der Waals surface area contributed by atoms with E-state index in [1.165, 1.54) is 5.56 Å². The van der Waals surface area contributed by atoms with Crippen molar-refractivity contribution in [3.8, 4) is 11.3 Å². The van der Waals surface area contributed by atoms with Gasteiger partial charge in [0.05, 0.1) is 16.8 Å². The van der Waals surface area contributed by atoms with Gasteiger partial charge in [0.2, 0.25) is 0 Å². The van der Waals surface area contributed by atoms with Crippen LogP contribution < -0.4 is 5.43 Å². The molecule has 0 saturated carbocycles. The number of pyridine rings is 1. The van der Waals surface area contributed by atoms with Crippen LogP contribution in [0.15, 0.2) is 77.6 Å². The van der Waals surface area contributed by atoms with Gasteiger partial charge < -0.3 is 9.30 Å². The van der Waals surface area contributed by atoms with E-state index in [1.807, 2.05) is 30.3 Å². The number of benzene rings is 3. The Morgan fingerprint density at radius 3 is 2.35 bits per heavy atom. The van der Waals surface area contributed by atoms with Gasteiger partial charge in [0.1, 0.15) is 5.60 Å². The Kier molecular flexibility index (Phi) is 4.60. The van der Waals surface area contributed by atoms with E-state index in [1.54, 1.807) is 7.11 Å². The van der Waals surface area contributed by atoms with Gasteiger partial charge in [-0.05, 0) is 36.1 Å². The second kappa shape index (κ2) is 7.21. The number of aryl methyl sites for hydroxylation is 1. The molecule has 0 spiro atoms. The fourth-order valence-corrected chi connectivity index (χ4v) is 5.20. The molecule has 0 fully saturated rings. The molecule has 0 N–H and O–H groups in total. The summed E-state index contributed by atoms with van der Waals surface area (Å²) in [5.74, 6) is 0.352.